The highest BCUT2D eigenvalue weighted by Gasteiger charge is 2.41. The van der Waals surface area contributed by atoms with Crippen LogP contribution >= 0.6 is 12.2 Å². The molecule has 2 aliphatic heterocycles. The number of aromatic nitrogens is 2. The van der Waals surface area contributed by atoms with Gasteiger partial charge in [-0.05, 0) is 74.4 Å². The van der Waals surface area contributed by atoms with Crippen molar-refractivity contribution in [3.8, 4) is 5.69 Å². The van der Waals surface area contributed by atoms with E-state index in [2.05, 4.69) is 44.6 Å². The molecule has 0 saturated carbocycles. The van der Waals surface area contributed by atoms with Crippen molar-refractivity contribution in [1.29, 1.82) is 0 Å². The van der Waals surface area contributed by atoms with Gasteiger partial charge < -0.3 is 24.6 Å². The van der Waals surface area contributed by atoms with Crippen LogP contribution in [0.1, 0.15) is 50.7 Å². The van der Waals surface area contributed by atoms with E-state index in [9.17, 15) is 9.90 Å². The predicted octanol–water partition coefficient (Wildman–Crippen LogP) is 3.80. The Morgan fingerprint density at radius 1 is 1.14 bits per heavy atom. The molecule has 2 fully saturated rings. The van der Waals surface area contributed by atoms with Gasteiger partial charge in [-0.1, -0.05) is 12.1 Å². The highest BCUT2D eigenvalue weighted by atomic mass is 32.1. The molecule has 3 aromatic rings. The predicted molar refractivity (Wildman–Crippen MR) is 146 cm³/mol. The minimum Gasteiger partial charge on any atom is -0.478 e. The highest BCUT2D eigenvalue weighted by Crippen LogP contribution is 2.41. The van der Waals surface area contributed by atoms with Crippen LogP contribution in [0.4, 0.5) is 0 Å². The summed E-state index contributed by atoms with van der Waals surface area (Å²) in [6.45, 7) is 11.2. The number of carboxylic acids is 1. The number of aryl methyl sites for hydroxylation is 2. The molecule has 37 heavy (non-hydrogen) atoms. The zero-order valence-electron chi connectivity index (χ0n) is 21.5. The molecule has 2 atom stereocenters. The van der Waals surface area contributed by atoms with Crippen LogP contribution in [-0.2, 0) is 4.74 Å². The van der Waals surface area contributed by atoms with Gasteiger partial charge in [0, 0.05) is 49.5 Å². The lowest BCUT2D eigenvalue weighted by molar-refractivity contribution is 0.0350. The monoisotopic (exact) mass is 519 g/mol. The average molecular weight is 520 g/mol. The van der Waals surface area contributed by atoms with Crippen molar-refractivity contribution in [2.75, 3.05) is 39.4 Å². The summed E-state index contributed by atoms with van der Waals surface area (Å²) < 4.78 is 7.68. The summed E-state index contributed by atoms with van der Waals surface area (Å²) in [5.41, 5.74) is 6.38. The minimum absolute atomic E-state index is 0.0497. The standard InChI is InChI=1S/C28H33N5O3S/c1-18-7-8-21(27(34)35)17-24(18)33-19(2)16-22(20(33)3)26-25(23-6-4-5-9-29-23)30-28(37)32(26)11-10-31-12-14-36-15-13-31/h4-9,16-17,25-26H,10-15H2,1-3H3,(H,30,37)(H,34,35)/t25-,26+/m1/s1. The summed E-state index contributed by atoms with van der Waals surface area (Å²) in [6, 6.07) is 13.3. The van der Waals surface area contributed by atoms with Gasteiger partial charge in [0.2, 0.25) is 0 Å². The fraction of sp³-hybridized carbons (Fsp3) is 0.393. The van der Waals surface area contributed by atoms with Crippen molar-refractivity contribution >= 4 is 23.3 Å². The lowest BCUT2D eigenvalue weighted by Crippen LogP contribution is -2.42. The fourth-order valence-corrected chi connectivity index (χ4v) is 5.83. The first kappa shape index (κ1) is 25.4. The van der Waals surface area contributed by atoms with E-state index in [1.165, 1.54) is 0 Å². The quantitative estimate of drug-likeness (QED) is 0.456. The average Bonchev–Trinajstić information content (AvgIpc) is 3.38. The second-order valence-corrected chi connectivity index (χ2v) is 10.1. The smallest absolute Gasteiger partial charge is 0.335 e. The molecule has 0 unspecified atom stereocenters. The van der Waals surface area contributed by atoms with Crippen molar-refractivity contribution in [3.63, 3.8) is 0 Å². The van der Waals surface area contributed by atoms with Gasteiger partial charge in [0.15, 0.2) is 5.11 Å². The zero-order chi connectivity index (χ0) is 26.1. The van der Waals surface area contributed by atoms with Crippen LogP contribution in [0.3, 0.4) is 0 Å². The normalized spacial score (nSPS) is 20.3. The van der Waals surface area contributed by atoms with E-state index >= 15 is 0 Å². The minimum atomic E-state index is -0.932. The maximum atomic E-state index is 11.7. The molecule has 9 heteroatoms. The van der Waals surface area contributed by atoms with Crippen LogP contribution in [0.15, 0.2) is 48.7 Å². The Labute approximate surface area is 222 Å². The van der Waals surface area contributed by atoms with E-state index in [4.69, 9.17) is 17.0 Å². The van der Waals surface area contributed by atoms with E-state index in [0.717, 1.165) is 78.4 Å². The number of rotatable bonds is 7. The van der Waals surface area contributed by atoms with Crippen molar-refractivity contribution in [2.24, 2.45) is 0 Å². The number of carboxylic acid groups (broad SMARTS) is 1. The van der Waals surface area contributed by atoms with Crippen molar-refractivity contribution in [2.45, 2.75) is 32.9 Å². The maximum absolute atomic E-state index is 11.7. The first-order chi connectivity index (χ1) is 17.8. The fourth-order valence-electron chi connectivity index (χ4n) is 5.50. The Bertz CT molecular complexity index is 1300. The van der Waals surface area contributed by atoms with Crippen LogP contribution in [-0.4, -0.2) is 74.9 Å². The molecule has 8 nitrogen and oxygen atoms in total. The summed E-state index contributed by atoms with van der Waals surface area (Å²) in [4.78, 5) is 21.1. The maximum Gasteiger partial charge on any atom is 0.335 e. The molecular formula is C28H33N5O3S. The summed E-state index contributed by atoms with van der Waals surface area (Å²) in [6.07, 6.45) is 1.82. The Kier molecular flexibility index (Phi) is 7.28. The van der Waals surface area contributed by atoms with Crippen LogP contribution < -0.4 is 5.32 Å². The molecule has 4 heterocycles. The number of nitrogens with one attached hydrogen (secondary N) is 1. The molecule has 0 aliphatic carbocycles. The van der Waals surface area contributed by atoms with Crippen molar-refractivity contribution in [1.82, 2.24) is 24.7 Å². The number of ether oxygens (including phenoxy) is 1. The number of aromatic carboxylic acids is 1. The third-order valence-electron chi connectivity index (χ3n) is 7.44. The molecular weight excluding hydrogens is 486 g/mol. The molecule has 194 valence electrons. The first-order valence-electron chi connectivity index (χ1n) is 12.7. The van der Waals surface area contributed by atoms with E-state index in [0.29, 0.717) is 0 Å². The van der Waals surface area contributed by atoms with Crippen molar-refractivity contribution < 1.29 is 14.6 Å². The molecule has 0 bridgehead atoms. The number of nitrogens with zero attached hydrogens (tertiary/aromatic N) is 4. The Hall–Kier alpha value is -3.27. The van der Waals surface area contributed by atoms with Crippen LogP contribution in [0.5, 0.6) is 0 Å². The van der Waals surface area contributed by atoms with E-state index in [1.54, 1.807) is 12.1 Å². The van der Waals surface area contributed by atoms with Crippen LogP contribution in [0.2, 0.25) is 0 Å². The van der Waals surface area contributed by atoms with Gasteiger partial charge in [-0.2, -0.15) is 0 Å². The summed E-state index contributed by atoms with van der Waals surface area (Å²) in [7, 11) is 0. The van der Waals surface area contributed by atoms with Crippen LogP contribution in [0.25, 0.3) is 5.69 Å². The summed E-state index contributed by atoms with van der Waals surface area (Å²) >= 11 is 5.88. The van der Waals surface area contributed by atoms with E-state index in [-0.39, 0.29) is 17.6 Å². The number of morpholine rings is 1. The molecule has 2 aliphatic rings. The molecule has 0 radical (unpaired) electrons. The molecule has 2 aromatic heterocycles. The third kappa shape index (κ3) is 4.99. The number of benzene rings is 1. The number of hydrogen-bond donors (Lipinski definition) is 2. The lowest BCUT2D eigenvalue weighted by atomic mass is 9.96. The Morgan fingerprint density at radius 3 is 2.62 bits per heavy atom. The molecule has 1 aromatic carbocycles. The first-order valence-corrected chi connectivity index (χ1v) is 13.1. The van der Waals surface area contributed by atoms with Gasteiger partial charge in [0.1, 0.15) is 0 Å². The van der Waals surface area contributed by atoms with Gasteiger partial charge in [-0.25, -0.2) is 4.79 Å². The SMILES string of the molecule is Cc1ccc(C(=O)O)cc1-n1c(C)cc([C@H]2[C@@H](c3ccccn3)NC(=S)N2CCN2CCOCC2)c1C. The Morgan fingerprint density at radius 2 is 1.92 bits per heavy atom. The largest absolute Gasteiger partial charge is 0.478 e. The lowest BCUT2D eigenvalue weighted by Gasteiger charge is -2.32. The number of carbonyl (C=O) groups is 1. The van der Waals surface area contributed by atoms with Gasteiger partial charge in [0.25, 0.3) is 0 Å². The zero-order valence-corrected chi connectivity index (χ0v) is 22.3. The highest BCUT2D eigenvalue weighted by molar-refractivity contribution is 7.80. The Balaban J connectivity index is 1.56. The van der Waals surface area contributed by atoms with Gasteiger partial charge in [-0.15, -0.1) is 0 Å². The van der Waals surface area contributed by atoms with Crippen molar-refractivity contribution in [3.05, 3.63) is 82.4 Å². The molecule has 2 saturated heterocycles. The topological polar surface area (TPSA) is 82.9 Å². The molecule has 2 N–H and O–H groups in total. The van der Waals surface area contributed by atoms with Gasteiger partial charge in [0.05, 0.1) is 36.6 Å². The van der Waals surface area contributed by atoms with Gasteiger partial charge in [-0.3, -0.25) is 9.88 Å². The summed E-state index contributed by atoms with van der Waals surface area (Å²) in [5, 5.41) is 13.9. The second kappa shape index (κ2) is 10.6. The van der Waals surface area contributed by atoms with E-state index in [1.807, 2.05) is 37.4 Å². The van der Waals surface area contributed by atoms with Crippen LogP contribution in [0, 0.1) is 20.8 Å². The number of hydrogen-bond acceptors (Lipinski definition) is 5. The number of pyridine rings is 1. The molecule has 0 amide bonds. The molecule has 0 spiro atoms. The second-order valence-electron chi connectivity index (χ2n) is 9.74. The number of thiocarbonyl (C=S) groups is 1. The molecule has 5 rings (SSSR count). The summed E-state index contributed by atoms with van der Waals surface area (Å²) in [5.74, 6) is -0.932. The van der Waals surface area contributed by atoms with Gasteiger partial charge >= 0.3 is 5.97 Å². The third-order valence-corrected chi connectivity index (χ3v) is 7.80. The van der Waals surface area contributed by atoms with E-state index < -0.39 is 5.97 Å².